The van der Waals surface area contributed by atoms with E-state index in [9.17, 15) is 9.59 Å². The van der Waals surface area contributed by atoms with Crippen LogP contribution in [0.5, 0.6) is 0 Å². The molecule has 0 amide bonds. The van der Waals surface area contributed by atoms with Crippen LogP contribution in [-0.4, -0.2) is 32.1 Å². The van der Waals surface area contributed by atoms with E-state index in [0.717, 1.165) is 0 Å². The van der Waals surface area contributed by atoms with Gasteiger partial charge in [-0.15, -0.1) is 0 Å². The van der Waals surface area contributed by atoms with Crippen LogP contribution in [0.3, 0.4) is 0 Å². The number of ketones is 1. The number of methoxy groups -OCH3 is 1. The maximum atomic E-state index is 12.2. The summed E-state index contributed by atoms with van der Waals surface area (Å²) in [5.41, 5.74) is -0.859. The summed E-state index contributed by atoms with van der Waals surface area (Å²) in [4.78, 5) is 24.4. The fraction of sp³-hybridized carbons (Fsp3) is 0.882. The van der Waals surface area contributed by atoms with Gasteiger partial charge in [-0.1, -0.05) is 0 Å². The first-order valence-corrected chi connectivity index (χ1v) is 14.3. The second-order valence-electron chi connectivity index (χ2n) is 7.04. The van der Waals surface area contributed by atoms with Crippen LogP contribution in [0, 0.1) is 17.3 Å². The quantitative estimate of drug-likeness (QED) is 0.388. The molecule has 0 bridgehead atoms. The van der Waals surface area contributed by atoms with Gasteiger partial charge in [-0.25, -0.2) is 0 Å². The Bertz CT molecular complexity index is 381. The van der Waals surface area contributed by atoms with Gasteiger partial charge in [-0.3, -0.25) is 0 Å². The number of ether oxygens (including phenoxy) is 1. The van der Waals surface area contributed by atoms with Crippen molar-refractivity contribution < 1.29 is 14.3 Å². The summed E-state index contributed by atoms with van der Waals surface area (Å²) >= 11 is -1.78. The van der Waals surface area contributed by atoms with Gasteiger partial charge in [-0.05, 0) is 0 Å². The molecule has 0 aromatic rings. The van der Waals surface area contributed by atoms with Gasteiger partial charge in [0.05, 0.1) is 0 Å². The number of hydrogen-bond donors (Lipinski definition) is 0. The van der Waals surface area contributed by atoms with Crippen molar-refractivity contribution in [2.75, 3.05) is 7.11 Å². The maximum absolute atomic E-state index is 12.2. The van der Waals surface area contributed by atoms with Crippen LogP contribution in [0.15, 0.2) is 0 Å². The molecule has 1 rings (SSSR count). The average molecular weight is 357 g/mol. The van der Waals surface area contributed by atoms with Crippen LogP contribution >= 0.6 is 0 Å². The SMILES string of the molecule is C[CH2][Ge]([CH2]C)([CH2]C)[CH2][C@@H]1C[C@@](C(C)=O)(C(=O)OC)C[C@H]1C. The summed E-state index contributed by atoms with van der Waals surface area (Å²) in [5, 5.41) is 5.35. The molecule has 0 aliphatic heterocycles. The molecule has 0 saturated heterocycles. The normalized spacial score (nSPS) is 29.4. The summed E-state index contributed by atoms with van der Waals surface area (Å²) in [7, 11) is 1.40. The monoisotopic (exact) mass is 358 g/mol. The van der Waals surface area contributed by atoms with E-state index in [4.69, 9.17) is 4.74 Å². The average Bonchev–Trinajstić information content (AvgIpc) is 2.82. The summed E-state index contributed by atoms with van der Waals surface area (Å²) in [6.45, 7) is 10.8. The molecular weight excluding hydrogens is 325 g/mol. The van der Waals surface area contributed by atoms with Crippen LogP contribution < -0.4 is 0 Å². The molecule has 4 heteroatoms. The molecule has 1 aliphatic rings. The van der Waals surface area contributed by atoms with E-state index in [1.54, 1.807) is 6.92 Å². The third-order valence-electron chi connectivity index (χ3n) is 6.28. The van der Waals surface area contributed by atoms with Crippen LogP contribution in [0.2, 0.25) is 21.0 Å². The van der Waals surface area contributed by atoms with Gasteiger partial charge in [0.2, 0.25) is 0 Å². The Hall–Kier alpha value is -0.317. The number of carbonyl (C=O) groups excluding carboxylic acids is 2. The Labute approximate surface area is 132 Å². The molecule has 21 heavy (non-hydrogen) atoms. The number of esters is 1. The first kappa shape index (κ1) is 18.7. The molecule has 0 aromatic carbocycles. The van der Waals surface area contributed by atoms with Crippen molar-refractivity contribution in [1.29, 1.82) is 0 Å². The molecule has 1 fully saturated rings. The molecule has 1 saturated carbocycles. The van der Waals surface area contributed by atoms with Gasteiger partial charge in [0.1, 0.15) is 0 Å². The zero-order valence-corrected chi connectivity index (χ0v) is 16.7. The van der Waals surface area contributed by atoms with Gasteiger partial charge in [-0.2, -0.15) is 0 Å². The van der Waals surface area contributed by atoms with Gasteiger partial charge in [0.15, 0.2) is 0 Å². The zero-order valence-electron chi connectivity index (χ0n) is 14.6. The topological polar surface area (TPSA) is 43.4 Å². The molecule has 0 aromatic heterocycles. The van der Waals surface area contributed by atoms with Crippen molar-refractivity contribution in [3.63, 3.8) is 0 Å². The van der Waals surface area contributed by atoms with Gasteiger partial charge in [0.25, 0.3) is 0 Å². The molecule has 0 heterocycles. The fourth-order valence-corrected chi connectivity index (χ4v) is 12.7. The number of carbonyl (C=O) groups is 2. The van der Waals surface area contributed by atoms with Crippen LogP contribution in [-0.2, 0) is 14.3 Å². The predicted molar refractivity (Wildman–Crippen MR) is 89.0 cm³/mol. The number of Topliss-reactive ketones (excluding diaryl/α,β-unsaturated/α-hetero) is 1. The van der Waals surface area contributed by atoms with Crippen LogP contribution in [0.4, 0.5) is 0 Å². The Morgan fingerprint density at radius 3 is 2.05 bits per heavy atom. The summed E-state index contributed by atoms with van der Waals surface area (Å²) in [6.07, 6.45) is 1.39. The second-order valence-corrected chi connectivity index (χ2v) is 18.6. The Kier molecular flexibility index (Phi) is 6.51. The molecule has 0 spiro atoms. The molecule has 3 atom stereocenters. The van der Waals surface area contributed by atoms with Crippen molar-refractivity contribution in [2.24, 2.45) is 17.3 Å². The molecule has 122 valence electrons. The molecular formula is C17H32GeO3. The van der Waals surface area contributed by atoms with Crippen molar-refractivity contribution in [1.82, 2.24) is 0 Å². The summed E-state index contributed by atoms with van der Waals surface area (Å²) < 4.78 is 4.96. The third-order valence-corrected chi connectivity index (χ3v) is 18.6. The van der Waals surface area contributed by atoms with E-state index >= 15 is 0 Å². The Morgan fingerprint density at radius 1 is 1.14 bits per heavy atom. The molecule has 0 radical (unpaired) electrons. The van der Waals surface area contributed by atoms with Crippen molar-refractivity contribution in [2.45, 2.75) is 68.5 Å². The van der Waals surface area contributed by atoms with E-state index in [-0.39, 0.29) is 11.8 Å². The van der Waals surface area contributed by atoms with E-state index in [2.05, 4.69) is 27.7 Å². The zero-order chi connectivity index (χ0) is 16.3. The molecule has 0 N–H and O–H groups in total. The predicted octanol–water partition coefficient (Wildman–Crippen LogP) is 4.29. The minimum atomic E-state index is -1.78. The van der Waals surface area contributed by atoms with Crippen LogP contribution in [0.25, 0.3) is 0 Å². The van der Waals surface area contributed by atoms with E-state index in [1.165, 1.54) is 28.1 Å². The van der Waals surface area contributed by atoms with Gasteiger partial charge in [0, 0.05) is 0 Å². The fourth-order valence-electron chi connectivity index (χ4n) is 4.25. The molecule has 0 unspecified atom stereocenters. The number of rotatable bonds is 7. The first-order valence-electron chi connectivity index (χ1n) is 8.40. The third kappa shape index (κ3) is 3.54. The molecule has 1 aliphatic carbocycles. The van der Waals surface area contributed by atoms with Crippen molar-refractivity contribution >= 4 is 25.0 Å². The van der Waals surface area contributed by atoms with E-state index < -0.39 is 18.7 Å². The van der Waals surface area contributed by atoms with Crippen molar-refractivity contribution in [3.8, 4) is 0 Å². The summed E-state index contributed by atoms with van der Waals surface area (Å²) in [6, 6.07) is 0. The van der Waals surface area contributed by atoms with E-state index in [0.29, 0.717) is 24.7 Å². The Balaban J connectivity index is 2.98. The minimum absolute atomic E-state index is 0.00806. The first-order chi connectivity index (χ1) is 9.80. The molecule has 3 nitrogen and oxygen atoms in total. The van der Waals surface area contributed by atoms with Gasteiger partial charge >= 0.3 is 132 Å². The summed E-state index contributed by atoms with van der Waals surface area (Å²) in [5.74, 6) is 0.647. The second kappa shape index (κ2) is 7.30. The Morgan fingerprint density at radius 2 is 1.67 bits per heavy atom. The van der Waals surface area contributed by atoms with Crippen molar-refractivity contribution in [3.05, 3.63) is 0 Å². The van der Waals surface area contributed by atoms with Gasteiger partial charge < -0.3 is 0 Å². The van der Waals surface area contributed by atoms with Crippen LogP contribution in [0.1, 0.15) is 47.5 Å². The number of hydrogen-bond acceptors (Lipinski definition) is 3. The standard InChI is InChI=1S/C17H32GeO3/c1-7-18(8-2,9-3)12-15-11-17(14(5)19,10-13(15)4)16(20)21-6/h13,15H,7-12H2,1-6H3/t13-,15+,17+/m1/s1. The van der Waals surface area contributed by atoms with E-state index in [1.807, 2.05) is 0 Å².